The fourth-order valence-electron chi connectivity index (χ4n) is 3.81. The first-order valence-corrected chi connectivity index (χ1v) is 12.0. The van der Waals surface area contributed by atoms with Crippen LogP contribution < -0.4 is 20.3 Å². The maximum absolute atomic E-state index is 13.2. The molecule has 2 aromatic heterocycles. The van der Waals surface area contributed by atoms with Gasteiger partial charge >= 0.3 is 0 Å². The molecule has 0 aliphatic rings. The highest BCUT2D eigenvalue weighted by molar-refractivity contribution is 7.17. The molecule has 4 aromatic rings. The summed E-state index contributed by atoms with van der Waals surface area (Å²) in [7, 11) is 3.18. The molecule has 0 spiro atoms. The molecule has 7 nitrogen and oxygen atoms in total. The second-order valence-corrected chi connectivity index (χ2v) is 8.71. The van der Waals surface area contributed by atoms with Crippen LogP contribution in [0.25, 0.3) is 21.3 Å². The number of hydrogen-bond acceptors (Lipinski definition) is 6. The average molecular weight is 478 g/mol. The highest BCUT2D eigenvalue weighted by atomic mass is 32.1. The maximum atomic E-state index is 13.2. The first-order chi connectivity index (χ1) is 16.5. The Hall–Kier alpha value is -3.65. The van der Waals surface area contributed by atoms with E-state index in [9.17, 15) is 9.59 Å². The molecule has 4 rings (SSSR count). The fraction of sp³-hybridized carbons (Fsp3) is 0.269. The van der Waals surface area contributed by atoms with Gasteiger partial charge in [-0.05, 0) is 41.7 Å². The second kappa shape index (κ2) is 10.5. The van der Waals surface area contributed by atoms with E-state index in [-0.39, 0.29) is 18.0 Å². The zero-order chi connectivity index (χ0) is 24.1. The molecular weight excluding hydrogens is 450 g/mol. The van der Waals surface area contributed by atoms with Gasteiger partial charge in [-0.3, -0.25) is 14.2 Å². The van der Waals surface area contributed by atoms with Gasteiger partial charge in [0.15, 0.2) is 11.5 Å². The number of ether oxygens (including phenoxy) is 2. The van der Waals surface area contributed by atoms with Crippen LogP contribution in [-0.4, -0.2) is 36.2 Å². The second-order valence-electron chi connectivity index (χ2n) is 7.85. The lowest BCUT2D eigenvalue weighted by Crippen LogP contribution is -2.33. The van der Waals surface area contributed by atoms with Gasteiger partial charge < -0.3 is 14.8 Å². The number of carbonyl (C=O) groups excluding carboxylic acids is 1. The van der Waals surface area contributed by atoms with Crippen LogP contribution in [0.4, 0.5) is 0 Å². The zero-order valence-corrected chi connectivity index (χ0v) is 20.3. The number of nitrogens with one attached hydrogen (secondary N) is 1. The Bertz CT molecular complexity index is 1360. The standard InChI is InChI=1S/C26H27N3O4S/c1-4-17-5-8-19(9-6-17)20-15-34-25-24(20)26(31)29(16-28-25)14-23(30)27-12-11-18-7-10-21(32-2)22(13-18)33-3/h5-10,13,15-16H,4,11-12,14H2,1-3H3,(H,27,30). The minimum absolute atomic E-state index is 0.0855. The molecule has 2 heterocycles. The molecule has 34 heavy (non-hydrogen) atoms. The monoisotopic (exact) mass is 477 g/mol. The SMILES string of the molecule is CCc1ccc(-c2csc3ncn(CC(=O)NCCc4ccc(OC)c(OC)c4)c(=O)c23)cc1. The molecule has 0 aliphatic carbocycles. The zero-order valence-electron chi connectivity index (χ0n) is 19.5. The normalized spacial score (nSPS) is 10.9. The summed E-state index contributed by atoms with van der Waals surface area (Å²) in [5.41, 5.74) is 3.86. The quantitative estimate of drug-likeness (QED) is 0.393. The molecule has 0 aliphatic heterocycles. The van der Waals surface area contributed by atoms with E-state index in [1.165, 1.54) is 27.8 Å². The van der Waals surface area contributed by atoms with E-state index in [2.05, 4.69) is 29.4 Å². The van der Waals surface area contributed by atoms with Crippen molar-refractivity contribution in [2.24, 2.45) is 0 Å². The first-order valence-electron chi connectivity index (χ1n) is 11.1. The summed E-state index contributed by atoms with van der Waals surface area (Å²) in [6.45, 7) is 2.46. The molecule has 0 atom stereocenters. The Balaban J connectivity index is 1.45. The number of rotatable bonds is 9. The van der Waals surface area contributed by atoms with E-state index >= 15 is 0 Å². The largest absolute Gasteiger partial charge is 0.493 e. The Morgan fingerprint density at radius 3 is 2.50 bits per heavy atom. The molecule has 0 bridgehead atoms. The summed E-state index contributed by atoms with van der Waals surface area (Å²) in [6, 6.07) is 13.8. The number of benzene rings is 2. The first kappa shape index (κ1) is 23.5. The van der Waals surface area contributed by atoms with E-state index in [4.69, 9.17) is 9.47 Å². The third kappa shape index (κ3) is 4.97. The van der Waals surface area contributed by atoms with Crippen molar-refractivity contribution in [1.82, 2.24) is 14.9 Å². The topological polar surface area (TPSA) is 82.5 Å². The Labute approximate surface area is 202 Å². The van der Waals surface area contributed by atoms with E-state index in [1.807, 2.05) is 35.7 Å². The molecule has 0 unspecified atom stereocenters. The van der Waals surface area contributed by atoms with E-state index in [0.717, 1.165) is 23.1 Å². The molecule has 2 aromatic carbocycles. The van der Waals surface area contributed by atoms with Crippen molar-refractivity contribution in [3.8, 4) is 22.6 Å². The predicted octanol–water partition coefficient (Wildman–Crippen LogP) is 4.06. The third-order valence-corrected chi connectivity index (χ3v) is 6.62. The fourth-order valence-corrected chi connectivity index (χ4v) is 4.71. The summed E-state index contributed by atoms with van der Waals surface area (Å²) in [5.74, 6) is 1.06. The molecule has 0 saturated carbocycles. The van der Waals surface area contributed by atoms with E-state index in [0.29, 0.717) is 34.7 Å². The Morgan fingerprint density at radius 1 is 1.06 bits per heavy atom. The van der Waals surface area contributed by atoms with Crippen molar-refractivity contribution >= 4 is 27.5 Å². The lowest BCUT2D eigenvalue weighted by Gasteiger charge is -2.10. The van der Waals surface area contributed by atoms with Gasteiger partial charge in [-0.25, -0.2) is 4.98 Å². The van der Waals surface area contributed by atoms with Crippen LogP contribution in [0.15, 0.2) is 59.0 Å². The Kier molecular flexibility index (Phi) is 7.27. The van der Waals surface area contributed by atoms with Gasteiger partial charge in [0.25, 0.3) is 5.56 Å². The van der Waals surface area contributed by atoms with Crippen LogP contribution in [-0.2, 0) is 24.2 Å². The molecule has 8 heteroatoms. The third-order valence-electron chi connectivity index (χ3n) is 5.73. The number of nitrogens with zero attached hydrogens (tertiary/aromatic N) is 2. The van der Waals surface area contributed by atoms with Crippen molar-refractivity contribution < 1.29 is 14.3 Å². The summed E-state index contributed by atoms with van der Waals surface area (Å²) in [5, 5.41) is 5.38. The van der Waals surface area contributed by atoms with Gasteiger partial charge in [0.1, 0.15) is 11.4 Å². The number of aromatic nitrogens is 2. The minimum atomic E-state index is -0.243. The van der Waals surface area contributed by atoms with Crippen molar-refractivity contribution in [2.75, 3.05) is 20.8 Å². The summed E-state index contributed by atoms with van der Waals surface area (Å²) >= 11 is 1.43. The molecule has 1 amide bonds. The van der Waals surface area contributed by atoms with Gasteiger partial charge in [0, 0.05) is 17.5 Å². The lowest BCUT2D eigenvalue weighted by molar-refractivity contribution is -0.121. The number of fused-ring (bicyclic) bond motifs is 1. The summed E-state index contributed by atoms with van der Waals surface area (Å²) < 4.78 is 11.9. The molecule has 1 N–H and O–H groups in total. The van der Waals surface area contributed by atoms with Gasteiger partial charge in [-0.15, -0.1) is 11.3 Å². The van der Waals surface area contributed by atoms with Crippen LogP contribution in [0.3, 0.4) is 0 Å². The van der Waals surface area contributed by atoms with Crippen molar-refractivity contribution in [3.05, 3.63) is 75.7 Å². The summed E-state index contributed by atoms with van der Waals surface area (Å²) in [6.07, 6.45) is 3.03. The average Bonchev–Trinajstić information content (AvgIpc) is 3.30. The molecule has 0 saturated heterocycles. The predicted molar refractivity (Wildman–Crippen MR) is 135 cm³/mol. The van der Waals surface area contributed by atoms with Crippen molar-refractivity contribution in [2.45, 2.75) is 26.3 Å². The van der Waals surface area contributed by atoms with E-state index in [1.54, 1.807) is 14.2 Å². The highest BCUT2D eigenvalue weighted by Crippen LogP contribution is 2.31. The molecule has 0 fully saturated rings. The minimum Gasteiger partial charge on any atom is -0.493 e. The number of hydrogen-bond donors (Lipinski definition) is 1. The van der Waals surface area contributed by atoms with Crippen LogP contribution in [0.1, 0.15) is 18.1 Å². The van der Waals surface area contributed by atoms with Crippen LogP contribution in [0, 0.1) is 0 Å². The van der Waals surface area contributed by atoms with Crippen molar-refractivity contribution in [1.29, 1.82) is 0 Å². The van der Waals surface area contributed by atoms with Crippen LogP contribution in [0.5, 0.6) is 11.5 Å². The number of aryl methyl sites for hydroxylation is 1. The summed E-state index contributed by atoms with van der Waals surface area (Å²) in [4.78, 5) is 30.8. The van der Waals surface area contributed by atoms with Gasteiger partial charge in [0.2, 0.25) is 5.91 Å². The maximum Gasteiger partial charge on any atom is 0.263 e. The molecule has 0 radical (unpaired) electrons. The molecular formula is C26H27N3O4S. The van der Waals surface area contributed by atoms with Gasteiger partial charge in [-0.1, -0.05) is 37.3 Å². The van der Waals surface area contributed by atoms with Gasteiger partial charge in [0.05, 0.1) is 25.9 Å². The lowest BCUT2D eigenvalue weighted by atomic mass is 10.0. The number of methoxy groups -OCH3 is 2. The number of thiophene rings is 1. The number of carbonyl (C=O) groups is 1. The van der Waals surface area contributed by atoms with Crippen LogP contribution in [0.2, 0.25) is 0 Å². The smallest absolute Gasteiger partial charge is 0.263 e. The van der Waals surface area contributed by atoms with Crippen molar-refractivity contribution in [3.63, 3.8) is 0 Å². The van der Waals surface area contributed by atoms with Gasteiger partial charge in [-0.2, -0.15) is 0 Å². The molecule has 176 valence electrons. The highest BCUT2D eigenvalue weighted by Gasteiger charge is 2.15. The van der Waals surface area contributed by atoms with E-state index < -0.39 is 0 Å². The van der Waals surface area contributed by atoms with Crippen LogP contribution >= 0.6 is 11.3 Å². The number of amides is 1. The Morgan fingerprint density at radius 2 is 1.79 bits per heavy atom.